The standard InChI is InChI=1S/C21H24N2O4S/c1-4-27-21(26)23-19(25)17-12(2)13(3)28-20(17)22-18(24)16-10-9-14-7-5-6-8-15(14)11-16/h9-11H,4-8H2,1-3H3,(H,22,24)(H,23,25,26). The van der Waals surface area contributed by atoms with Gasteiger partial charge in [0, 0.05) is 10.4 Å². The number of fused-ring (bicyclic) bond motifs is 1. The van der Waals surface area contributed by atoms with E-state index in [1.54, 1.807) is 13.8 Å². The zero-order valence-electron chi connectivity index (χ0n) is 16.3. The first-order valence-electron chi connectivity index (χ1n) is 9.42. The molecule has 0 fully saturated rings. The minimum absolute atomic E-state index is 0.169. The Balaban J connectivity index is 1.82. The summed E-state index contributed by atoms with van der Waals surface area (Å²) in [5.41, 5.74) is 4.12. The Morgan fingerprint density at radius 3 is 2.50 bits per heavy atom. The molecule has 0 unspecified atom stereocenters. The van der Waals surface area contributed by atoms with E-state index in [2.05, 4.69) is 10.6 Å². The van der Waals surface area contributed by atoms with Crippen LogP contribution in [-0.4, -0.2) is 24.5 Å². The van der Waals surface area contributed by atoms with Crippen molar-refractivity contribution in [1.29, 1.82) is 0 Å². The average Bonchev–Trinajstić information content (AvgIpc) is 2.94. The van der Waals surface area contributed by atoms with Gasteiger partial charge in [-0.15, -0.1) is 11.3 Å². The summed E-state index contributed by atoms with van der Waals surface area (Å²) < 4.78 is 4.77. The number of benzene rings is 1. The highest BCUT2D eigenvalue weighted by Gasteiger charge is 2.23. The van der Waals surface area contributed by atoms with Crippen LogP contribution in [0.1, 0.15) is 62.0 Å². The maximum atomic E-state index is 12.8. The number of hydrogen-bond acceptors (Lipinski definition) is 5. The summed E-state index contributed by atoms with van der Waals surface area (Å²) in [5, 5.41) is 5.48. The van der Waals surface area contributed by atoms with E-state index >= 15 is 0 Å². The van der Waals surface area contributed by atoms with Crippen molar-refractivity contribution < 1.29 is 19.1 Å². The number of aryl methyl sites for hydroxylation is 3. The first-order chi connectivity index (χ1) is 13.4. The van der Waals surface area contributed by atoms with E-state index in [0.29, 0.717) is 16.1 Å². The molecule has 3 rings (SSSR count). The van der Waals surface area contributed by atoms with E-state index in [0.717, 1.165) is 29.7 Å². The van der Waals surface area contributed by atoms with Crippen molar-refractivity contribution in [2.75, 3.05) is 11.9 Å². The Bertz CT molecular complexity index is 933. The normalized spacial score (nSPS) is 12.8. The van der Waals surface area contributed by atoms with Crippen molar-refractivity contribution in [3.8, 4) is 0 Å². The Morgan fingerprint density at radius 2 is 1.79 bits per heavy atom. The van der Waals surface area contributed by atoms with Crippen molar-refractivity contribution in [1.82, 2.24) is 5.32 Å². The molecule has 2 aromatic rings. The fraction of sp³-hybridized carbons (Fsp3) is 0.381. The molecule has 1 aliphatic rings. The molecule has 0 aliphatic heterocycles. The van der Waals surface area contributed by atoms with Gasteiger partial charge in [-0.25, -0.2) is 4.79 Å². The maximum absolute atomic E-state index is 12.8. The first-order valence-corrected chi connectivity index (χ1v) is 10.2. The van der Waals surface area contributed by atoms with Crippen molar-refractivity contribution >= 4 is 34.2 Å². The molecule has 2 N–H and O–H groups in total. The molecule has 1 aromatic carbocycles. The minimum atomic E-state index is -0.803. The number of carbonyl (C=O) groups excluding carboxylic acids is 3. The third-order valence-corrected chi connectivity index (χ3v) is 6.06. The quantitative estimate of drug-likeness (QED) is 0.797. The van der Waals surface area contributed by atoms with Crippen molar-refractivity contribution in [2.24, 2.45) is 0 Å². The molecule has 0 radical (unpaired) electrons. The fourth-order valence-electron chi connectivity index (χ4n) is 3.36. The summed E-state index contributed by atoms with van der Waals surface area (Å²) in [4.78, 5) is 37.8. The van der Waals surface area contributed by atoms with Gasteiger partial charge in [0.05, 0.1) is 12.2 Å². The Labute approximate surface area is 168 Å². The molecule has 1 aliphatic carbocycles. The summed E-state index contributed by atoms with van der Waals surface area (Å²) in [6.45, 7) is 5.49. The van der Waals surface area contributed by atoms with E-state index in [-0.39, 0.29) is 12.5 Å². The predicted octanol–water partition coefficient (Wildman–Crippen LogP) is 4.38. The highest BCUT2D eigenvalue weighted by atomic mass is 32.1. The SMILES string of the molecule is CCOC(=O)NC(=O)c1c(NC(=O)c2ccc3c(c2)CCCC3)sc(C)c1C. The second-order valence-corrected chi connectivity index (χ2v) is 8.03. The number of amides is 3. The van der Waals surface area contributed by atoms with E-state index in [1.807, 2.05) is 25.1 Å². The zero-order valence-corrected chi connectivity index (χ0v) is 17.1. The molecule has 0 bridgehead atoms. The van der Waals surface area contributed by atoms with Gasteiger partial charge < -0.3 is 10.1 Å². The third-order valence-electron chi connectivity index (χ3n) is 4.94. The number of imide groups is 1. The van der Waals surface area contributed by atoms with Crippen molar-refractivity contribution in [2.45, 2.75) is 46.5 Å². The summed E-state index contributed by atoms with van der Waals surface area (Å²) >= 11 is 1.32. The lowest BCUT2D eigenvalue weighted by Gasteiger charge is -2.16. The van der Waals surface area contributed by atoms with E-state index in [4.69, 9.17) is 4.74 Å². The van der Waals surface area contributed by atoms with Gasteiger partial charge in [0.1, 0.15) is 5.00 Å². The number of carbonyl (C=O) groups is 3. The van der Waals surface area contributed by atoms with Crippen LogP contribution in [0.5, 0.6) is 0 Å². The Morgan fingerprint density at radius 1 is 1.07 bits per heavy atom. The van der Waals surface area contributed by atoms with Gasteiger partial charge in [-0.05, 0) is 75.3 Å². The lowest BCUT2D eigenvalue weighted by atomic mass is 9.90. The number of thiophene rings is 1. The van der Waals surface area contributed by atoms with Crippen LogP contribution >= 0.6 is 11.3 Å². The van der Waals surface area contributed by atoms with E-state index in [9.17, 15) is 14.4 Å². The lowest BCUT2D eigenvalue weighted by Crippen LogP contribution is -2.32. The molecule has 1 heterocycles. The molecule has 148 valence electrons. The summed E-state index contributed by atoms with van der Waals surface area (Å²) in [6.07, 6.45) is 3.56. The topological polar surface area (TPSA) is 84.5 Å². The molecule has 0 saturated carbocycles. The third kappa shape index (κ3) is 4.25. The first kappa shape index (κ1) is 20.1. The van der Waals surface area contributed by atoms with Crippen LogP contribution in [-0.2, 0) is 17.6 Å². The molecule has 1 aromatic heterocycles. The number of nitrogens with one attached hydrogen (secondary N) is 2. The van der Waals surface area contributed by atoms with Gasteiger partial charge in [-0.3, -0.25) is 14.9 Å². The molecule has 7 heteroatoms. The van der Waals surface area contributed by atoms with Crippen LogP contribution in [0.2, 0.25) is 0 Å². The molecule has 0 spiro atoms. The smallest absolute Gasteiger partial charge is 0.414 e. The van der Waals surface area contributed by atoms with Crippen LogP contribution in [0.25, 0.3) is 0 Å². The second-order valence-electron chi connectivity index (χ2n) is 6.81. The van der Waals surface area contributed by atoms with Crippen LogP contribution in [0.4, 0.5) is 9.80 Å². The van der Waals surface area contributed by atoms with Crippen molar-refractivity contribution in [3.05, 3.63) is 50.9 Å². The summed E-state index contributed by atoms with van der Waals surface area (Å²) in [5.74, 6) is -0.846. The molecule has 28 heavy (non-hydrogen) atoms. The lowest BCUT2D eigenvalue weighted by molar-refractivity contribution is 0.0925. The average molecular weight is 401 g/mol. The molecule has 0 atom stereocenters. The van der Waals surface area contributed by atoms with Gasteiger partial charge in [0.25, 0.3) is 11.8 Å². The van der Waals surface area contributed by atoms with Gasteiger partial charge in [0.2, 0.25) is 0 Å². The maximum Gasteiger partial charge on any atom is 0.414 e. The number of anilines is 1. The number of alkyl carbamates (subject to hydrolysis) is 1. The molecule has 3 amide bonds. The Kier molecular flexibility index (Phi) is 6.14. The van der Waals surface area contributed by atoms with Gasteiger partial charge in [-0.1, -0.05) is 6.07 Å². The predicted molar refractivity (Wildman–Crippen MR) is 109 cm³/mol. The van der Waals surface area contributed by atoms with Crippen LogP contribution in [0, 0.1) is 13.8 Å². The summed E-state index contributed by atoms with van der Waals surface area (Å²) in [7, 11) is 0. The number of ether oxygens (including phenoxy) is 1. The van der Waals surface area contributed by atoms with E-state index < -0.39 is 12.0 Å². The largest absolute Gasteiger partial charge is 0.450 e. The van der Waals surface area contributed by atoms with Gasteiger partial charge >= 0.3 is 6.09 Å². The van der Waals surface area contributed by atoms with Crippen molar-refractivity contribution in [3.63, 3.8) is 0 Å². The summed E-state index contributed by atoms with van der Waals surface area (Å²) in [6, 6.07) is 5.78. The Hall–Kier alpha value is -2.67. The highest BCUT2D eigenvalue weighted by molar-refractivity contribution is 7.16. The van der Waals surface area contributed by atoms with Crippen LogP contribution in [0.3, 0.4) is 0 Å². The van der Waals surface area contributed by atoms with E-state index in [1.165, 1.54) is 28.9 Å². The second kappa shape index (κ2) is 8.56. The van der Waals surface area contributed by atoms with Crippen LogP contribution < -0.4 is 10.6 Å². The van der Waals surface area contributed by atoms with Crippen LogP contribution in [0.15, 0.2) is 18.2 Å². The van der Waals surface area contributed by atoms with Gasteiger partial charge in [-0.2, -0.15) is 0 Å². The monoisotopic (exact) mass is 400 g/mol. The molecular weight excluding hydrogens is 376 g/mol. The minimum Gasteiger partial charge on any atom is -0.450 e. The number of rotatable bonds is 4. The molecule has 6 nitrogen and oxygen atoms in total. The fourth-order valence-corrected chi connectivity index (χ4v) is 4.41. The van der Waals surface area contributed by atoms with Gasteiger partial charge in [0.15, 0.2) is 0 Å². The molecular formula is C21H24N2O4S. The highest BCUT2D eigenvalue weighted by Crippen LogP contribution is 2.33. The zero-order chi connectivity index (χ0) is 20.3. The molecule has 0 saturated heterocycles. The number of hydrogen-bond donors (Lipinski definition) is 2.